The Morgan fingerprint density at radius 2 is 1.87 bits per heavy atom. The summed E-state index contributed by atoms with van der Waals surface area (Å²) in [6, 6.07) is 15.1. The maximum atomic E-state index is 11.6. The molecular weight excluding hydrogens is 288 g/mol. The molecule has 2 aromatic carbocycles. The lowest BCUT2D eigenvalue weighted by Gasteiger charge is -2.14. The van der Waals surface area contributed by atoms with Gasteiger partial charge in [-0.2, -0.15) is 0 Å². The Morgan fingerprint density at radius 3 is 2.52 bits per heavy atom. The number of carbonyl (C=O) groups is 1. The lowest BCUT2D eigenvalue weighted by atomic mass is 9.96. The zero-order valence-corrected chi connectivity index (χ0v) is 13.2. The van der Waals surface area contributed by atoms with Crippen LogP contribution in [0.3, 0.4) is 0 Å². The monoisotopic (exact) mass is 306 g/mol. The van der Waals surface area contributed by atoms with Gasteiger partial charge >= 0.3 is 5.97 Å². The van der Waals surface area contributed by atoms with E-state index in [0.717, 1.165) is 11.1 Å². The van der Waals surface area contributed by atoms with Crippen molar-refractivity contribution < 1.29 is 14.6 Å². The first-order valence-corrected chi connectivity index (χ1v) is 7.15. The van der Waals surface area contributed by atoms with Crippen LogP contribution in [-0.2, 0) is 9.53 Å². The molecule has 1 unspecified atom stereocenters. The number of aliphatic hydroxyl groups is 1. The smallest absolute Gasteiger partial charge is 0.336 e. The standard InChI is InChI=1S/C20H18O3/c1-14-9-12-18(19(21)15(2)20(22)23-3)17(13-14)11-10-16-7-5-4-6-8-16/h4-9,12-13,19,21H,2H2,1,3H3. The first-order chi connectivity index (χ1) is 11.0. The van der Waals surface area contributed by atoms with Gasteiger partial charge in [0.2, 0.25) is 0 Å². The fourth-order valence-corrected chi connectivity index (χ4v) is 2.11. The van der Waals surface area contributed by atoms with E-state index in [4.69, 9.17) is 0 Å². The number of aliphatic hydroxyl groups excluding tert-OH is 1. The number of hydrogen-bond acceptors (Lipinski definition) is 3. The van der Waals surface area contributed by atoms with Crippen molar-refractivity contribution in [3.63, 3.8) is 0 Å². The number of ether oxygens (including phenoxy) is 1. The van der Waals surface area contributed by atoms with E-state index in [1.54, 1.807) is 6.07 Å². The van der Waals surface area contributed by atoms with Crippen LogP contribution in [0.1, 0.15) is 28.4 Å². The minimum atomic E-state index is -1.15. The number of carbonyl (C=O) groups excluding carboxylic acids is 1. The second-order valence-electron chi connectivity index (χ2n) is 5.13. The molecule has 0 aliphatic rings. The molecule has 2 aromatic rings. The van der Waals surface area contributed by atoms with Gasteiger partial charge < -0.3 is 9.84 Å². The van der Waals surface area contributed by atoms with Gasteiger partial charge in [0, 0.05) is 16.7 Å². The predicted molar refractivity (Wildman–Crippen MR) is 89.7 cm³/mol. The maximum Gasteiger partial charge on any atom is 0.336 e. The van der Waals surface area contributed by atoms with Crippen molar-refractivity contribution in [1.82, 2.24) is 0 Å². The Morgan fingerprint density at radius 1 is 1.17 bits per heavy atom. The summed E-state index contributed by atoms with van der Waals surface area (Å²) in [5, 5.41) is 10.4. The van der Waals surface area contributed by atoms with Gasteiger partial charge in [0.1, 0.15) is 6.10 Å². The molecule has 0 saturated heterocycles. The summed E-state index contributed by atoms with van der Waals surface area (Å²) < 4.78 is 4.61. The normalized spacial score (nSPS) is 11.1. The van der Waals surface area contributed by atoms with Gasteiger partial charge in [-0.25, -0.2) is 4.79 Å². The summed E-state index contributed by atoms with van der Waals surface area (Å²) >= 11 is 0. The molecule has 0 aliphatic heterocycles. The Kier molecular flexibility index (Phi) is 5.35. The second kappa shape index (κ2) is 7.44. The Bertz CT molecular complexity index is 780. The van der Waals surface area contributed by atoms with Crippen molar-refractivity contribution in [3.05, 3.63) is 82.9 Å². The zero-order valence-electron chi connectivity index (χ0n) is 13.2. The van der Waals surface area contributed by atoms with Crippen molar-refractivity contribution in [2.45, 2.75) is 13.0 Å². The third kappa shape index (κ3) is 4.09. The van der Waals surface area contributed by atoms with Gasteiger partial charge in [-0.05, 0) is 30.7 Å². The Balaban J connectivity index is 2.41. The molecule has 3 nitrogen and oxygen atoms in total. The third-order valence-corrected chi connectivity index (χ3v) is 3.40. The van der Waals surface area contributed by atoms with Crippen LogP contribution in [0, 0.1) is 18.8 Å². The van der Waals surface area contributed by atoms with Gasteiger partial charge in [0.15, 0.2) is 0 Å². The van der Waals surface area contributed by atoms with Gasteiger partial charge in [-0.3, -0.25) is 0 Å². The van der Waals surface area contributed by atoms with Crippen LogP contribution in [0.15, 0.2) is 60.7 Å². The summed E-state index contributed by atoms with van der Waals surface area (Å²) in [4.78, 5) is 11.6. The molecule has 0 aromatic heterocycles. The lowest BCUT2D eigenvalue weighted by Crippen LogP contribution is -2.13. The van der Waals surface area contributed by atoms with Gasteiger partial charge in [0.05, 0.1) is 12.7 Å². The summed E-state index contributed by atoms with van der Waals surface area (Å²) in [6.45, 7) is 5.55. The first kappa shape index (κ1) is 16.5. The molecule has 3 heteroatoms. The molecule has 1 N–H and O–H groups in total. The molecule has 1 atom stereocenters. The van der Waals surface area contributed by atoms with Crippen LogP contribution in [-0.4, -0.2) is 18.2 Å². The number of benzene rings is 2. The van der Waals surface area contributed by atoms with E-state index in [0.29, 0.717) is 11.1 Å². The molecule has 0 radical (unpaired) electrons. The Labute approximate surface area is 136 Å². The largest absolute Gasteiger partial charge is 0.466 e. The minimum absolute atomic E-state index is 0.0147. The molecule has 0 bridgehead atoms. The molecule has 0 aliphatic carbocycles. The zero-order chi connectivity index (χ0) is 16.8. The van der Waals surface area contributed by atoms with Gasteiger partial charge in [-0.1, -0.05) is 48.8 Å². The fourth-order valence-electron chi connectivity index (χ4n) is 2.11. The van der Waals surface area contributed by atoms with E-state index in [2.05, 4.69) is 23.2 Å². The van der Waals surface area contributed by atoms with Crippen molar-refractivity contribution in [1.29, 1.82) is 0 Å². The SMILES string of the molecule is C=C(C(=O)OC)C(O)c1ccc(C)cc1C#Cc1ccccc1. The van der Waals surface area contributed by atoms with Gasteiger partial charge in [0.25, 0.3) is 0 Å². The highest BCUT2D eigenvalue weighted by Crippen LogP contribution is 2.25. The minimum Gasteiger partial charge on any atom is -0.466 e. The molecular formula is C20H18O3. The van der Waals surface area contributed by atoms with E-state index in [1.807, 2.05) is 49.4 Å². The Hall–Kier alpha value is -2.83. The summed E-state index contributed by atoms with van der Waals surface area (Å²) in [5.74, 6) is 5.48. The maximum absolute atomic E-state index is 11.6. The fraction of sp³-hybridized carbons (Fsp3) is 0.150. The van der Waals surface area contributed by atoms with E-state index < -0.39 is 12.1 Å². The topological polar surface area (TPSA) is 46.5 Å². The number of hydrogen-bond donors (Lipinski definition) is 1. The lowest BCUT2D eigenvalue weighted by molar-refractivity contribution is -0.137. The van der Waals surface area contributed by atoms with Crippen LogP contribution < -0.4 is 0 Å². The first-order valence-electron chi connectivity index (χ1n) is 7.15. The van der Waals surface area contributed by atoms with Crippen molar-refractivity contribution in [2.75, 3.05) is 7.11 Å². The second-order valence-corrected chi connectivity index (χ2v) is 5.13. The highest BCUT2D eigenvalue weighted by atomic mass is 16.5. The predicted octanol–water partition coefficient (Wildman–Crippen LogP) is 3.16. The molecule has 23 heavy (non-hydrogen) atoms. The third-order valence-electron chi connectivity index (χ3n) is 3.40. The van der Waals surface area contributed by atoms with Crippen LogP contribution in [0.5, 0.6) is 0 Å². The number of rotatable bonds is 3. The number of methoxy groups -OCH3 is 1. The quantitative estimate of drug-likeness (QED) is 0.538. The van der Waals surface area contributed by atoms with Crippen LogP contribution in [0.25, 0.3) is 0 Å². The summed E-state index contributed by atoms with van der Waals surface area (Å²) in [5.41, 5.74) is 3.07. The average Bonchev–Trinajstić information content (AvgIpc) is 2.59. The van der Waals surface area contributed by atoms with Crippen LogP contribution >= 0.6 is 0 Å². The van der Waals surface area contributed by atoms with Crippen LogP contribution in [0.2, 0.25) is 0 Å². The molecule has 0 amide bonds. The highest BCUT2D eigenvalue weighted by molar-refractivity contribution is 5.89. The van der Waals surface area contributed by atoms with Crippen LogP contribution in [0.4, 0.5) is 0 Å². The van der Waals surface area contributed by atoms with Crippen molar-refractivity contribution >= 4 is 5.97 Å². The molecule has 0 saturated carbocycles. The van der Waals surface area contributed by atoms with Gasteiger partial charge in [-0.15, -0.1) is 0 Å². The molecule has 0 fully saturated rings. The van der Waals surface area contributed by atoms with E-state index in [1.165, 1.54) is 7.11 Å². The summed E-state index contributed by atoms with van der Waals surface area (Å²) in [7, 11) is 1.26. The van der Waals surface area contributed by atoms with E-state index in [-0.39, 0.29) is 5.57 Å². The van der Waals surface area contributed by atoms with Crippen molar-refractivity contribution in [3.8, 4) is 11.8 Å². The van der Waals surface area contributed by atoms with E-state index in [9.17, 15) is 9.90 Å². The molecule has 0 heterocycles. The van der Waals surface area contributed by atoms with Crippen molar-refractivity contribution in [2.24, 2.45) is 0 Å². The average molecular weight is 306 g/mol. The molecule has 116 valence electrons. The van der Waals surface area contributed by atoms with E-state index >= 15 is 0 Å². The molecule has 2 rings (SSSR count). The highest BCUT2D eigenvalue weighted by Gasteiger charge is 2.21. The number of esters is 1. The summed E-state index contributed by atoms with van der Waals surface area (Å²) in [6.07, 6.45) is -1.15. The number of aryl methyl sites for hydroxylation is 1. The molecule has 0 spiro atoms.